The van der Waals surface area contributed by atoms with E-state index in [9.17, 15) is 4.79 Å². The minimum Gasteiger partial charge on any atom is -0.354 e. The van der Waals surface area contributed by atoms with Crippen molar-refractivity contribution >= 4 is 11.7 Å². The normalized spacial score (nSPS) is 15.8. The third-order valence-corrected chi connectivity index (χ3v) is 3.95. The van der Waals surface area contributed by atoms with Crippen LogP contribution in [0.2, 0.25) is 0 Å². The third-order valence-electron chi connectivity index (χ3n) is 3.95. The summed E-state index contributed by atoms with van der Waals surface area (Å²) in [6, 6.07) is 12.1. The van der Waals surface area contributed by atoms with Gasteiger partial charge >= 0.3 is 0 Å². The molecule has 5 heteroatoms. The summed E-state index contributed by atoms with van der Waals surface area (Å²) in [4.78, 5) is 24.7. The first-order valence-corrected chi connectivity index (χ1v) is 7.57. The largest absolute Gasteiger partial charge is 0.354 e. The smallest absolute Gasteiger partial charge is 0.224 e. The van der Waals surface area contributed by atoms with E-state index in [1.807, 2.05) is 31.3 Å². The van der Waals surface area contributed by atoms with Crippen LogP contribution in [0.5, 0.6) is 0 Å². The van der Waals surface area contributed by atoms with Gasteiger partial charge in [-0.3, -0.25) is 4.79 Å². The summed E-state index contributed by atoms with van der Waals surface area (Å²) in [5.74, 6) is 1.91. The van der Waals surface area contributed by atoms with Crippen molar-refractivity contribution in [1.29, 1.82) is 0 Å². The predicted molar refractivity (Wildman–Crippen MR) is 85.7 cm³/mol. The Morgan fingerprint density at radius 3 is 2.73 bits per heavy atom. The molecule has 1 aromatic carbocycles. The molecule has 0 atom stereocenters. The van der Waals surface area contributed by atoms with Crippen LogP contribution in [0, 0.1) is 0 Å². The van der Waals surface area contributed by atoms with Crippen LogP contribution in [0.3, 0.4) is 0 Å². The Bertz CT molecular complexity index is 644. The topological polar surface area (TPSA) is 49.3 Å². The summed E-state index contributed by atoms with van der Waals surface area (Å²) < 4.78 is 0. The van der Waals surface area contributed by atoms with Gasteiger partial charge in [-0.15, -0.1) is 0 Å². The van der Waals surface area contributed by atoms with Gasteiger partial charge in [0.1, 0.15) is 11.6 Å². The first kappa shape index (κ1) is 14.5. The van der Waals surface area contributed by atoms with E-state index in [0.29, 0.717) is 13.0 Å². The molecule has 2 heterocycles. The fourth-order valence-electron chi connectivity index (χ4n) is 2.59. The lowest BCUT2D eigenvalue weighted by Crippen LogP contribution is -2.30. The van der Waals surface area contributed by atoms with E-state index in [2.05, 4.69) is 27.0 Å². The van der Waals surface area contributed by atoms with Crippen molar-refractivity contribution in [3.05, 3.63) is 54.0 Å². The Balaban J connectivity index is 1.75. The molecule has 114 valence electrons. The first-order valence-electron chi connectivity index (χ1n) is 7.57. The highest BCUT2D eigenvalue weighted by molar-refractivity contribution is 5.77. The van der Waals surface area contributed by atoms with Gasteiger partial charge in [0.05, 0.1) is 0 Å². The molecule has 0 saturated carbocycles. The summed E-state index contributed by atoms with van der Waals surface area (Å²) in [7, 11) is 1.85. The number of hydrogen-bond acceptors (Lipinski definition) is 4. The minimum atomic E-state index is 0.195. The van der Waals surface area contributed by atoms with Gasteiger partial charge in [0, 0.05) is 45.7 Å². The van der Waals surface area contributed by atoms with Crippen LogP contribution < -0.4 is 4.90 Å². The van der Waals surface area contributed by atoms with Crippen molar-refractivity contribution in [1.82, 2.24) is 14.9 Å². The van der Waals surface area contributed by atoms with E-state index < -0.39 is 0 Å². The lowest BCUT2D eigenvalue weighted by Gasteiger charge is -2.21. The molecule has 1 aromatic heterocycles. The van der Waals surface area contributed by atoms with E-state index >= 15 is 0 Å². The molecule has 3 rings (SSSR count). The number of aromatic nitrogens is 2. The van der Waals surface area contributed by atoms with Crippen molar-refractivity contribution in [2.24, 2.45) is 0 Å². The third kappa shape index (κ3) is 3.42. The number of anilines is 1. The Hall–Kier alpha value is -2.43. The number of nitrogens with zero attached hydrogens (tertiary/aromatic N) is 4. The quantitative estimate of drug-likeness (QED) is 0.865. The zero-order valence-electron chi connectivity index (χ0n) is 12.8. The van der Waals surface area contributed by atoms with Gasteiger partial charge in [-0.25, -0.2) is 9.97 Å². The second-order valence-electron chi connectivity index (χ2n) is 5.55. The molecule has 0 N–H and O–H groups in total. The first-order chi connectivity index (χ1) is 10.7. The Kier molecular flexibility index (Phi) is 4.32. The van der Waals surface area contributed by atoms with Crippen LogP contribution in [-0.2, 0) is 11.2 Å². The van der Waals surface area contributed by atoms with Crippen LogP contribution in [0.25, 0.3) is 0 Å². The molecule has 1 fully saturated rings. The number of benzene rings is 1. The summed E-state index contributed by atoms with van der Waals surface area (Å²) >= 11 is 0. The van der Waals surface area contributed by atoms with Gasteiger partial charge in [0.2, 0.25) is 5.91 Å². The maximum Gasteiger partial charge on any atom is 0.224 e. The number of rotatable bonds is 3. The standard InChI is InChI=1S/C17H20N4O/c1-20-11-12-21(10-8-17(20)22)16-7-9-18-15(19-16)13-14-5-3-2-4-6-14/h2-7,9H,8,10-13H2,1H3. The zero-order chi connectivity index (χ0) is 15.4. The molecular formula is C17H20N4O. The summed E-state index contributed by atoms with van der Waals surface area (Å²) in [6.45, 7) is 2.26. The molecule has 0 unspecified atom stereocenters. The van der Waals surface area contributed by atoms with Crippen molar-refractivity contribution in [3.8, 4) is 0 Å². The Morgan fingerprint density at radius 1 is 1.09 bits per heavy atom. The Morgan fingerprint density at radius 2 is 1.91 bits per heavy atom. The van der Waals surface area contributed by atoms with Crippen molar-refractivity contribution in [3.63, 3.8) is 0 Å². The summed E-state index contributed by atoms with van der Waals surface area (Å²) in [5.41, 5.74) is 1.20. The van der Waals surface area contributed by atoms with Crippen LogP contribution in [-0.4, -0.2) is 47.5 Å². The molecular weight excluding hydrogens is 276 g/mol. The van der Waals surface area contributed by atoms with Crippen molar-refractivity contribution in [2.75, 3.05) is 31.6 Å². The van der Waals surface area contributed by atoms with Gasteiger partial charge in [0.25, 0.3) is 0 Å². The molecule has 1 aliphatic rings. The maximum absolute atomic E-state index is 11.8. The number of carbonyl (C=O) groups excluding carboxylic acids is 1. The molecule has 5 nitrogen and oxygen atoms in total. The highest BCUT2D eigenvalue weighted by Crippen LogP contribution is 2.15. The van der Waals surface area contributed by atoms with Gasteiger partial charge in [-0.2, -0.15) is 0 Å². The van der Waals surface area contributed by atoms with Crippen molar-refractivity contribution in [2.45, 2.75) is 12.8 Å². The second-order valence-corrected chi connectivity index (χ2v) is 5.55. The zero-order valence-corrected chi connectivity index (χ0v) is 12.8. The van der Waals surface area contributed by atoms with Crippen molar-refractivity contribution < 1.29 is 4.79 Å². The fraction of sp³-hybridized carbons (Fsp3) is 0.353. The molecule has 0 bridgehead atoms. The van der Waals surface area contributed by atoms with Gasteiger partial charge in [-0.05, 0) is 11.6 Å². The monoisotopic (exact) mass is 296 g/mol. The molecule has 1 aliphatic heterocycles. The predicted octanol–water partition coefficient (Wildman–Crippen LogP) is 1.74. The molecule has 1 saturated heterocycles. The highest BCUT2D eigenvalue weighted by atomic mass is 16.2. The molecule has 0 radical (unpaired) electrons. The van der Waals surface area contributed by atoms with E-state index in [-0.39, 0.29) is 5.91 Å². The summed E-state index contributed by atoms with van der Waals surface area (Å²) in [5, 5.41) is 0. The average Bonchev–Trinajstić information content (AvgIpc) is 2.71. The SMILES string of the molecule is CN1CCN(c2ccnc(Cc3ccccc3)n2)CCC1=O. The van der Waals surface area contributed by atoms with E-state index in [0.717, 1.165) is 31.2 Å². The second kappa shape index (κ2) is 6.56. The number of likely N-dealkylation sites (N-methyl/N-ethyl adjacent to an activating group) is 1. The average molecular weight is 296 g/mol. The highest BCUT2D eigenvalue weighted by Gasteiger charge is 2.19. The van der Waals surface area contributed by atoms with E-state index in [1.165, 1.54) is 5.56 Å². The van der Waals surface area contributed by atoms with Gasteiger partial charge in [-0.1, -0.05) is 30.3 Å². The maximum atomic E-state index is 11.8. The van der Waals surface area contributed by atoms with Crippen LogP contribution in [0.4, 0.5) is 5.82 Å². The van der Waals surface area contributed by atoms with Crippen LogP contribution in [0.15, 0.2) is 42.6 Å². The number of hydrogen-bond donors (Lipinski definition) is 0. The molecule has 22 heavy (non-hydrogen) atoms. The van der Waals surface area contributed by atoms with Crippen LogP contribution in [0.1, 0.15) is 17.8 Å². The molecule has 1 amide bonds. The summed E-state index contributed by atoms with van der Waals surface area (Å²) in [6.07, 6.45) is 3.06. The van der Waals surface area contributed by atoms with Gasteiger partial charge < -0.3 is 9.80 Å². The van der Waals surface area contributed by atoms with Gasteiger partial charge in [0.15, 0.2) is 0 Å². The molecule has 0 aliphatic carbocycles. The van der Waals surface area contributed by atoms with E-state index in [4.69, 9.17) is 0 Å². The minimum absolute atomic E-state index is 0.195. The molecule has 0 spiro atoms. The number of amides is 1. The lowest BCUT2D eigenvalue weighted by molar-refractivity contribution is -0.129. The van der Waals surface area contributed by atoms with E-state index in [1.54, 1.807) is 11.1 Å². The van der Waals surface area contributed by atoms with Crippen LogP contribution >= 0.6 is 0 Å². The fourth-order valence-corrected chi connectivity index (χ4v) is 2.59. The number of carbonyl (C=O) groups is 1. The Labute approximate surface area is 130 Å². The molecule has 2 aromatic rings. The lowest BCUT2D eigenvalue weighted by atomic mass is 10.1.